The summed E-state index contributed by atoms with van der Waals surface area (Å²) < 4.78 is 11.6. The van der Waals surface area contributed by atoms with E-state index in [0.29, 0.717) is 35.6 Å². The van der Waals surface area contributed by atoms with Crippen LogP contribution in [0.4, 0.5) is 0 Å². The average molecular weight is 446 g/mol. The van der Waals surface area contributed by atoms with E-state index in [9.17, 15) is 9.59 Å². The molecule has 0 aromatic heterocycles. The molecule has 0 fully saturated rings. The van der Waals surface area contributed by atoms with Crippen LogP contribution in [0.2, 0.25) is 0 Å². The summed E-state index contributed by atoms with van der Waals surface area (Å²) in [6.45, 7) is 8.67. The molecule has 5 nitrogen and oxygen atoms in total. The zero-order valence-electron chi connectivity index (χ0n) is 19.7. The first-order valence-electron chi connectivity index (χ1n) is 11.5. The van der Waals surface area contributed by atoms with Crippen molar-refractivity contribution in [3.05, 3.63) is 88.3 Å². The van der Waals surface area contributed by atoms with Crippen LogP contribution in [0.5, 0.6) is 5.75 Å². The van der Waals surface area contributed by atoms with Gasteiger partial charge in [0, 0.05) is 29.0 Å². The van der Waals surface area contributed by atoms with Crippen LogP contribution in [-0.4, -0.2) is 18.4 Å². The lowest BCUT2D eigenvalue weighted by Gasteiger charge is -2.39. The standard InChI is InChI=1S/C28H31NO4/c1-5-32-23-14-10-9-13-20(23)25-24(27(31)33-17-19-11-7-6-8-12-19)18(2)29-21-15-28(3,4)16-22(30)26(21)25/h6-14,25,29H,5,15-17H2,1-4H3/t25-/m1/s1. The number of hydrogen-bond acceptors (Lipinski definition) is 5. The number of allylic oxidation sites excluding steroid dienone is 3. The van der Waals surface area contributed by atoms with E-state index in [4.69, 9.17) is 9.47 Å². The van der Waals surface area contributed by atoms with Gasteiger partial charge >= 0.3 is 5.97 Å². The van der Waals surface area contributed by atoms with Gasteiger partial charge in [0.1, 0.15) is 12.4 Å². The first-order valence-corrected chi connectivity index (χ1v) is 11.5. The summed E-state index contributed by atoms with van der Waals surface area (Å²) in [7, 11) is 0. The van der Waals surface area contributed by atoms with E-state index in [2.05, 4.69) is 19.2 Å². The first-order chi connectivity index (χ1) is 15.8. The maximum Gasteiger partial charge on any atom is 0.337 e. The first kappa shape index (κ1) is 22.8. The van der Waals surface area contributed by atoms with Crippen LogP contribution < -0.4 is 10.1 Å². The summed E-state index contributed by atoms with van der Waals surface area (Å²) in [6, 6.07) is 17.2. The molecule has 1 aliphatic carbocycles. The Kier molecular flexibility index (Phi) is 6.41. The fourth-order valence-electron chi connectivity index (χ4n) is 4.82. The van der Waals surface area contributed by atoms with Crippen LogP contribution in [-0.2, 0) is 20.9 Å². The van der Waals surface area contributed by atoms with Crippen molar-refractivity contribution in [3.63, 3.8) is 0 Å². The molecule has 2 aromatic carbocycles. The van der Waals surface area contributed by atoms with Crippen molar-refractivity contribution in [2.75, 3.05) is 6.61 Å². The minimum atomic E-state index is -0.532. The molecular weight excluding hydrogens is 414 g/mol. The van der Waals surface area contributed by atoms with Gasteiger partial charge in [-0.15, -0.1) is 0 Å². The number of Topliss-reactive ketones (excluding diaryl/α,β-unsaturated/α-hetero) is 1. The number of hydrogen-bond donors (Lipinski definition) is 1. The smallest absolute Gasteiger partial charge is 0.337 e. The second-order valence-corrected chi connectivity index (χ2v) is 9.46. The van der Waals surface area contributed by atoms with Crippen LogP contribution in [0.15, 0.2) is 77.1 Å². The molecule has 0 spiro atoms. The third kappa shape index (κ3) is 4.72. The van der Waals surface area contributed by atoms with Crippen molar-refractivity contribution in [2.45, 2.75) is 53.1 Å². The molecule has 33 heavy (non-hydrogen) atoms. The van der Waals surface area contributed by atoms with Gasteiger partial charge in [-0.25, -0.2) is 4.79 Å². The van der Waals surface area contributed by atoms with Crippen molar-refractivity contribution in [1.29, 1.82) is 0 Å². The Morgan fingerprint density at radius 2 is 1.76 bits per heavy atom. The zero-order chi connectivity index (χ0) is 23.6. The van der Waals surface area contributed by atoms with E-state index in [0.717, 1.165) is 23.2 Å². The third-order valence-electron chi connectivity index (χ3n) is 6.20. The molecule has 0 saturated carbocycles. The highest BCUT2D eigenvalue weighted by Gasteiger charge is 2.44. The summed E-state index contributed by atoms with van der Waals surface area (Å²) in [5.41, 5.74) is 4.31. The molecule has 1 heterocycles. The van der Waals surface area contributed by atoms with Gasteiger partial charge in [-0.2, -0.15) is 0 Å². The van der Waals surface area contributed by atoms with Crippen LogP contribution in [0.25, 0.3) is 0 Å². The number of rotatable bonds is 6. The predicted molar refractivity (Wildman–Crippen MR) is 127 cm³/mol. The number of esters is 1. The SMILES string of the molecule is CCOc1ccccc1[C@@H]1C(C(=O)OCc2ccccc2)=C(C)NC2=C1C(=O)CC(C)(C)C2. The van der Waals surface area contributed by atoms with Gasteiger partial charge in [0.25, 0.3) is 0 Å². The Hall–Kier alpha value is -3.34. The molecule has 1 aliphatic heterocycles. The maximum absolute atomic E-state index is 13.4. The highest BCUT2D eigenvalue weighted by molar-refractivity contribution is 6.04. The maximum atomic E-state index is 13.4. The summed E-state index contributed by atoms with van der Waals surface area (Å²) in [6.07, 6.45) is 1.18. The Balaban J connectivity index is 1.78. The van der Waals surface area contributed by atoms with E-state index in [-0.39, 0.29) is 17.8 Å². The van der Waals surface area contributed by atoms with Crippen LogP contribution in [0.1, 0.15) is 57.6 Å². The lowest BCUT2D eigenvalue weighted by molar-refractivity contribution is -0.140. The molecule has 0 amide bonds. The molecular formula is C28H31NO4. The van der Waals surface area contributed by atoms with Crippen molar-refractivity contribution >= 4 is 11.8 Å². The fraction of sp³-hybridized carbons (Fsp3) is 0.357. The average Bonchev–Trinajstić information content (AvgIpc) is 2.77. The minimum Gasteiger partial charge on any atom is -0.494 e. The zero-order valence-corrected chi connectivity index (χ0v) is 19.7. The fourth-order valence-corrected chi connectivity index (χ4v) is 4.82. The quantitative estimate of drug-likeness (QED) is 0.601. The van der Waals surface area contributed by atoms with E-state index in [1.54, 1.807) is 0 Å². The number of para-hydroxylation sites is 1. The highest BCUT2D eigenvalue weighted by Crippen LogP contribution is 2.48. The molecule has 1 atom stereocenters. The van der Waals surface area contributed by atoms with Gasteiger partial charge in [-0.1, -0.05) is 62.4 Å². The van der Waals surface area contributed by atoms with Crippen LogP contribution in [0, 0.1) is 5.41 Å². The molecule has 4 rings (SSSR count). The number of dihydropyridines is 1. The van der Waals surface area contributed by atoms with Crippen molar-refractivity contribution in [3.8, 4) is 5.75 Å². The second kappa shape index (κ2) is 9.26. The summed E-state index contributed by atoms with van der Waals surface area (Å²) >= 11 is 0. The van der Waals surface area contributed by atoms with Crippen molar-refractivity contribution < 1.29 is 19.1 Å². The van der Waals surface area contributed by atoms with E-state index >= 15 is 0 Å². The lowest BCUT2D eigenvalue weighted by Crippen LogP contribution is -2.38. The summed E-state index contributed by atoms with van der Waals surface area (Å²) in [5, 5.41) is 3.38. The van der Waals surface area contributed by atoms with Gasteiger partial charge in [-0.05, 0) is 37.3 Å². The van der Waals surface area contributed by atoms with Crippen molar-refractivity contribution in [2.24, 2.45) is 5.41 Å². The molecule has 172 valence electrons. The minimum absolute atomic E-state index is 0.0610. The van der Waals surface area contributed by atoms with E-state index in [1.807, 2.05) is 68.4 Å². The van der Waals surface area contributed by atoms with Gasteiger partial charge in [-0.3, -0.25) is 4.79 Å². The normalized spacial score (nSPS) is 19.6. The highest BCUT2D eigenvalue weighted by atomic mass is 16.5. The van der Waals surface area contributed by atoms with Gasteiger partial charge < -0.3 is 14.8 Å². The number of benzene rings is 2. The van der Waals surface area contributed by atoms with Gasteiger partial charge in [0.05, 0.1) is 18.1 Å². The molecule has 0 saturated heterocycles. The summed E-state index contributed by atoms with van der Waals surface area (Å²) in [5.74, 6) is -0.219. The number of carbonyl (C=O) groups excluding carboxylic acids is 2. The summed E-state index contributed by atoms with van der Waals surface area (Å²) in [4.78, 5) is 26.9. The van der Waals surface area contributed by atoms with E-state index < -0.39 is 11.9 Å². The Morgan fingerprint density at radius 3 is 2.48 bits per heavy atom. The van der Waals surface area contributed by atoms with Gasteiger partial charge in [0.2, 0.25) is 0 Å². The number of carbonyl (C=O) groups is 2. The molecule has 2 aliphatic rings. The molecule has 0 radical (unpaired) electrons. The topological polar surface area (TPSA) is 64.6 Å². The number of ketones is 1. The Bertz CT molecular complexity index is 1130. The number of ether oxygens (including phenoxy) is 2. The number of nitrogens with one attached hydrogen (secondary N) is 1. The monoisotopic (exact) mass is 445 g/mol. The molecule has 0 bridgehead atoms. The Labute approximate surface area is 195 Å². The second-order valence-electron chi connectivity index (χ2n) is 9.46. The lowest BCUT2D eigenvalue weighted by atomic mass is 9.68. The predicted octanol–water partition coefficient (Wildman–Crippen LogP) is 5.43. The molecule has 1 N–H and O–H groups in total. The molecule has 2 aromatic rings. The third-order valence-corrected chi connectivity index (χ3v) is 6.20. The Morgan fingerprint density at radius 1 is 1.06 bits per heavy atom. The van der Waals surface area contributed by atoms with Gasteiger partial charge in [0.15, 0.2) is 5.78 Å². The van der Waals surface area contributed by atoms with E-state index in [1.165, 1.54) is 0 Å². The molecule has 0 unspecified atom stereocenters. The van der Waals surface area contributed by atoms with Crippen LogP contribution >= 0.6 is 0 Å². The van der Waals surface area contributed by atoms with Crippen molar-refractivity contribution in [1.82, 2.24) is 5.32 Å². The molecule has 5 heteroatoms. The largest absolute Gasteiger partial charge is 0.494 e. The van der Waals surface area contributed by atoms with Crippen LogP contribution in [0.3, 0.4) is 0 Å².